The van der Waals surface area contributed by atoms with E-state index in [9.17, 15) is 22.0 Å². The first-order valence-corrected chi connectivity index (χ1v) is 8.93. The third-order valence-electron chi connectivity index (χ3n) is 2.43. The molecule has 0 aromatic heterocycles. The zero-order valence-corrected chi connectivity index (χ0v) is 13.6. The van der Waals surface area contributed by atoms with Crippen molar-refractivity contribution in [1.82, 2.24) is 0 Å². The third-order valence-corrected chi connectivity index (χ3v) is 5.24. The molecule has 0 saturated carbocycles. The molecule has 0 N–H and O–H groups in total. The largest absolute Gasteiger partial charge is 0.507 e. The number of rotatable bonds is 11. The first kappa shape index (κ1) is 20.7. The molecule has 0 bridgehead atoms. The van der Waals surface area contributed by atoms with Crippen molar-refractivity contribution >= 4 is 8.80 Å². The summed E-state index contributed by atoms with van der Waals surface area (Å²) in [4.78, 5) is 0. The molecule has 0 unspecified atom stereocenters. The fraction of sp³-hybridized carbons (Fsp3) is 1.00. The van der Waals surface area contributed by atoms with E-state index in [-0.39, 0.29) is 19.8 Å². The van der Waals surface area contributed by atoms with Crippen molar-refractivity contribution < 1.29 is 35.2 Å². The van der Waals surface area contributed by atoms with E-state index < -0.39 is 26.9 Å². The molecule has 3 nitrogen and oxygen atoms in total. The molecule has 0 saturated heterocycles. The molecule has 0 aromatic rings. The SMILES string of the molecule is CCCO[Si](CC(F)(F)C(F)(F)F)(OCCC)OCCC. The Morgan fingerprint density at radius 1 is 0.714 bits per heavy atom. The maximum absolute atomic E-state index is 13.4. The van der Waals surface area contributed by atoms with Gasteiger partial charge in [-0.25, -0.2) is 0 Å². The predicted molar refractivity (Wildman–Crippen MR) is 70.3 cm³/mol. The van der Waals surface area contributed by atoms with Gasteiger partial charge in [0.2, 0.25) is 0 Å². The number of alkyl halides is 5. The van der Waals surface area contributed by atoms with Crippen molar-refractivity contribution in [1.29, 1.82) is 0 Å². The Hall–Kier alpha value is -0.253. The normalized spacial score (nSPS) is 13.7. The minimum Gasteiger partial charge on any atom is -0.373 e. The minimum atomic E-state index is -5.65. The van der Waals surface area contributed by atoms with E-state index in [0.717, 1.165) is 0 Å². The highest BCUT2D eigenvalue weighted by Gasteiger charge is 2.64. The van der Waals surface area contributed by atoms with Gasteiger partial charge in [0.05, 0.1) is 6.04 Å². The van der Waals surface area contributed by atoms with Crippen LogP contribution < -0.4 is 0 Å². The van der Waals surface area contributed by atoms with Crippen LogP contribution in [0.5, 0.6) is 0 Å². The van der Waals surface area contributed by atoms with Crippen molar-refractivity contribution in [2.75, 3.05) is 19.8 Å². The number of hydrogen-bond acceptors (Lipinski definition) is 3. The fourth-order valence-electron chi connectivity index (χ4n) is 1.42. The number of hydrogen-bond donors (Lipinski definition) is 0. The van der Waals surface area contributed by atoms with Crippen molar-refractivity contribution in [3.05, 3.63) is 0 Å². The Kier molecular flexibility index (Phi) is 8.91. The summed E-state index contributed by atoms with van der Waals surface area (Å²) in [6, 6.07) is -1.58. The van der Waals surface area contributed by atoms with E-state index in [0.29, 0.717) is 19.3 Å². The smallest absolute Gasteiger partial charge is 0.373 e. The minimum absolute atomic E-state index is 0.0214. The molecule has 0 aromatic carbocycles. The second-order valence-corrected chi connectivity index (χ2v) is 7.19. The highest BCUT2D eigenvalue weighted by molar-refractivity contribution is 6.61. The lowest BCUT2D eigenvalue weighted by molar-refractivity contribution is -0.276. The van der Waals surface area contributed by atoms with Crippen LogP contribution in [0.25, 0.3) is 0 Å². The molecule has 0 fully saturated rings. The molecule has 0 rings (SSSR count). The third kappa shape index (κ3) is 7.03. The molecule has 21 heavy (non-hydrogen) atoms. The molecule has 0 aliphatic carbocycles. The fourth-order valence-corrected chi connectivity index (χ4v) is 4.27. The van der Waals surface area contributed by atoms with Gasteiger partial charge in [-0.3, -0.25) is 0 Å². The standard InChI is InChI=1S/C12H23F5O3Si/c1-4-7-18-21(19-8-5-2,20-9-6-3)10-11(13,14)12(15,16)17/h4-10H2,1-3H3. The predicted octanol–water partition coefficient (Wildman–Crippen LogP) is 4.40. The summed E-state index contributed by atoms with van der Waals surface area (Å²) >= 11 is 0. The summed E-state index contributed by atoms with van der Waals surface area (Å²) in [6.45, 7) is 5.23. The van der Waals surface area contributed by atoms with Crippen LogP contribution in [0.1, 0.15) is 40.0 Å². The highest BCUT2D eigenvalue weighted by Crippen LogP contribution is 2.42. The Morgan fingerprint density at radius 3 is 1.29 bits per heavy atom. The van der Waals surface area contributed by atoms with Crippen LogP contribution in [0.4, 0.5) is 22.0 Å². The van der Waals surface area contributed by atoms with Crippen LogP contribution in [0.2, 0.25) is 6.04 Å². The van der Waals surface area contributed by atoms with Gasteiger partial charge in [-0.05, 0) is 19.3 Å². The lowest BCUT2D eigenvalue weighted by Gasteiger charge is -2.33. The first-order valence-electron chi connectivity index (χ1n) is 7.00. The molecular formula is C12H23F5O3Si. The molecule has 0 heterocycles. The van der Waals surface area contributed by atoms with E-state index in [1.165, 1.54) is 0 Å². The average molecular weight is 338 g/mol. The average Bonchev–Trinajstić information content (AvgIpc) is 2.38. The van der Waals surface area contributed by atoms with Crippen LogP contribution in [-0.2, 0) is 13.3 Å². The lowest BCUT2D eigenvalue weighted by Crippen LogP contribution is -2.54. The number of halogens is 5. The zero-order valence-electron chi connectivity index (χ0n) is 12.6. The quantitative estimate of drug-likeness (QED) is 0.413. The van der Waals surface area contributed by atoms with E-state index in [1.54, 1.807) is 20.8 Å². The summed E-state index contributed by atoms with van der Waals surface area (Å²) in [5.41, 5.74) is 0. The van der Waals surface area contributed by atoms with Gasteiger partial charge in [-0.15, -0.1) is 0 Å². The topological polar surface area (TPSA) is 27.7 Å². The molecule has 128 valence electrons. The van der Waals surface area contributed by atoms with Gasteiger partial charge < -0.3 is 13.3 Å². The van der Waals surface area contributed by atoms with Gasteiger partial charge in [-0.1, -0.05) is 20.8 Å². The summed E-state index contributed by atoms with van der Waals surface area (Å²) < 4.78 is 79.7. The summed E-state index contributed by atoms with van der Waals surface area (Å²) in [5.74, 6) is -4.89. The molecule has 9 heteroatoms. The Labute approximate surface area is 123 Å². The van der Waals surface area contributed by atoms with Crippen LogP contribution >= 0.6 is 0 Å². The summed E-state index contributed by atoms with van der Waals surface area (Å²) in [5, 5.41) is 0. The molecule has 0 amide bonds. The molecule has 0 atom stereocenters. The molecular weight excluding hydrogens is 315 g/mol. The molecule has 0 aliphatic heterocycles. The Balaban J connectivity index is 5.20. The summed E-state index contributed by atoms with van der Waals surface area (Å²) in [6.07, 6.45) is -4.24. The van der Waals surface area contributed by atoms with Crippen LogP contribution in [0.15, 0.2) is 0 Å². The Bertz CT molecular complexity index is 265. The lowest BCUT2D eigenvalue weighted by atomic mass is 10.4. The second kappa shape index (κ2) is 9.01. The van der Waals surface area contributed by atoms with Gasteiger partial charge >= 0.3 is 20.9 Å². The molecule has 0 radical (unpaired) electrons. The van der Waals surface area contributed by atoms with Crippen LogP contribution in [-0.4, -0.2) is 40.7 Å². The van der Waals surface area contributed by atoms with Gasteiger partial charge in [-0.2, -0.15) is 22.0 Å². The van der Waals surface area contributed by atoms with Gasteiger partial charge in [0.15, 0.2) is 0 Å². The van der Waals surface area contributed by atoms with E-state index in [1.807, 2.05) is 0 Å². The highest BCUT2D eigenvalue weighted by atomic mass is 28.4. The van der Waals surface area contributed by atoms with Crippen molar-refractivity contribution in [2.45, 2.75) is 58.2 Å². The molecule has 0 aliphatic rings. The first-order chi connectivity index (χ1) is 9.64. The summed E-state index contributed by atoms with van der Waals surface area (Å²) in [7, 11) is -4.07. The second-order valence-electron chi connectivity index (χ2n) is 4.61. The van der Waals surface area contributed by atoms with Crippen LogP contribution in [0, 0.1) is 0 Å². The maximum Gasteiger partial charge on any atom is 0.507 e. The molecule has 0 spiro atoms. The van der Waals surface area contributed by atoms with Crippen molar-refractivity contribution in [2.24, 2.45) is 0 Å². The van der Waals surface area contributed by atoms with E-state index in [2.05, 4.69) is 0 Å². The van der Waals surface area contributed by atoms with Gasteiger partial charge in [0.1, 0.15) is 0 Å². The Morgan fingerprint density at radius 2 is 1.05 bits per heavy atom. The van der Waals surface area contributed by atoms with Gasteiger partial charge in [0.25, 0.3) is 0 Å². The van der Waals surface area contributed by atoms with E-state index in [4.69, 9.17) is 13.3 Å². The zero-order chi connectivity index (χ0) is 16.6. The maximum atomic E-state index is 13.4. The van der Waals surface area contributed by atoms with E-state index >= 15 is 0 Å². The monoisotopic (exact) mass is 338 g/mol. The van der Waals surface area contributed by atoms with Crippen molar-refractivity contribution in [3.63, 3.8) is 0 Å². The van der Waals surface area contributed by atoms with Crippen LogP contribution in [0.3, 0.4) is 0 Å². The van der Waals surface area contributed by atoms with Crippen molar-refractivity contribution in [3.8, 4) is 0 Å². The van der Waals surface area contributed by atoms with Gasteiger partial charge in [0, 0.05) is 19.8 Å².